The number of hydrogen-bond donors (Lipinski definition) is 2. The number of carbonyl (C=O) groups excluding carboxylic acids is 1. The second-order valence-corrected chi connectivity index (χ2v) is 6.02. The van der Waals surface area contributed by atoms with E-state index in [4.69, 9.17) is 0 Å². The molecule has 1 heterocycles. The number of anilines is 1. The van der Waals surface area contributed by atoms with Crippen LogP contribution in [0.2, 0.25) is 0 Å². The van der Waals surface area contributed by atoms with Crippen LogP contribution in [0, 0.1) is 0 Å². The number of amides is 1. The van der Waals surface area contributed by atoms with Crippen LogP contribution in [-0.2, 0) is 11.2 Å². The van der Waals surface area contributed by atoms with Crippen molar-refractivity contribution in [1.82, 2.24) is 5.32 Å². The number of aryl methyl sites for hydroxylation is 1. The van der Waals surface area contributed by atoms with E-state index in [9.17, 15) is 4.79 Å². The monoisotopic (exact) mass is 260 g/mol. The molecule has 1 aliphatic rings. The molecule has 0 fully saturated rings. The molecule has 1 aromatic carbocycles. The first-order chi connectivity index (χ1) is 9.02. The zero-order valence-corrected chi connectivity index (χ0v) is 12.1. The lowest BCUT2D eigenvalue weighted by atomic mass is 9.96. The van der Waals surface area contributed by atoms with E-state index in [0.29, 0.717) is 0 Å². The van der Waals surface area contributed by atoms with E-state index in [1.54, 1.807) is 0 Å². The van der Waals surface area contributed by atoms with Gasteiger partial charge in [-0.1, -0.05) is 31.5 Å². The Morgan fingerprint density at radius 1 is 1.37 bits per heavy atom. The molecule has 3 nitrogen and oxygen atoms in total. The maximum absolute atomic E-state index is 12.3. The van der Waals surface area contributed by atoms with Crippen LogP contribution in [0.1, 0.15) is 45.6 Å². The highest BCUT2D eigenvalue weighted by Gasteiger charge is 2.28. The second-order valence-electron chi connectivity index (χ2n) is 6.02. The Hall–Kier alpha value is -1.35. The fourth-order valence-corrected chi connectivity index (χ4v) is 2.82. The van der Waals surface area contributed by atoms with Gasteiger partial charge in [0, 0.05) is 11.2 Å². The number of nitrogens with one attached hydrogen (secondary N) is 2. The van der Waals surface area contributed by atoms with Crippen molar-refractivity contribution < 1.29 is 4.79 Å². The van der Waals surface area contributed by atoms with Crippen molar-refractivity contribution in [3.05, 3.63) is 29.8 Å². The van der Waals surface area contributed by atoms with Crippen molar-refractivity contribution in [3.8, 4) is 0 Å². The third-order valence-electron chi connectivity index (χ3n) is 3.73. The van der Waals surface area contributed by atoms with Crippen LogP contribution in [0.25, 0.3) is 0 Å². The van der Waals surface area contributed by atoms with Gasteiger partial charge in [0.2, 0.25) is 5.91 Å². The lowest BCUT2D eigenvalue weighted by Crippen LogP contribution is -2.50. The van der Waals surface area contributed by atoms with E-state index in [2.05, 4.69) is 37.5 Å². The number of fused-ring (bicyclic) bond motifs is 1. The topological polar surface area (TPSA) is 41.1 Å². The molecule has 0 bridgehead atoms. The number of benzene rings is 1. The van der Waals surface area contributed by atoms with Gasteiger partial charge in [0.1, 0.15) is 0 Å². The van der Waals surface area contributed by atoms with Crippen LogP contribution in [0.4, 0.5) is 5.69 Å². The van der Waals surface area contributed by atoms with Gasteiger partial charge in [0.15, 0.2) is 0 Å². The Kier molecular flexibility index (Phi) is 4.25. The molecule has 0 aliphatic carbocycles. The van der Waals surface area contributed by atoms with E-state index < -0.39 is 0 Å². The highest BCUT2D eigenvalue weighted by atomic mass is 16.2. The summed E-state index contributed by atoms with van der Waals surface area (Å²) in [5, 5.41) is 6.54. The Morgan fingerprint density at radius 2 is 2.11 bits per heavy atom. The van der Waals surface area contributed by atoms with Gasteiger partial charge in [-0.15, -0.1) is 0 Å². The molecule has 1 atom stereocenters. The third kappa shape index (κ3) is 3.57. The quantitative estimate of drug-likeness (QED) is 0.873. The van der Waals surface area contributed by atoms with E-state index in [1.165, 1.54) is 5.56 Å². The molecule has 1 aliphatic heterocycles. The first-order valence-corrected chi connectivity index (χ1v) is 7.18. The number of hydrogen-bond acceptors (Lipinski definition) is 2. The molecule has 0 radical (unpaired) electrons. The molecule has 0 aromatic heterocycles. The average Bonchev–Trinajstić information content (AvgIpc) is 2.49. The molecule has 19 heavy (non-hydrogen) atoms. The first-order valence-electron chi connectivity index (χ1n) is 7.18. The fraction of sp³-hybridized carbons (Fsp3) is 0.562. The van der Waals surface area contributed by atoms with Gasteiger partial charge in [0.25, 0.3) is 0 Å². The molecule has 0 saturated carbocycles. The predicted octanol–water partition coefficient (Wildman–Crippen LogP) is 3.11. The predicted molar refractivity (Wildman–Crippen MR) is 79.3 cm³/mol. The SMILES string of the molecule is CCCC(C)(C)NC1CCc2ccccc2NC1=O. The van der Waals surface area contributed by atoms with Gasteiger partial charge in [-0.2, -0.15) is 0 Å². The molecular weight excluding hydrogens is 236 g/mol. The summed E-state index contributed by atoms with van der Waals surface area (Å²) in [6.45, 7) is 6.51. The van der Waals surface area contributed by atoms with Gasteiger partial charge in [0.05, 0.1) is 6.04 Å². The minimum atomic E-state index is -0.103. The first kappa shape index (κ1) is 14.1. The summed E-state index contributed by atoms with van der Waals surface area (Å²) in [4.78, 5) is 12.3. The summed E-state index contributed by atoms with van der Waals surface area (Å²) in [6.07, 6.45) is 3.99. The lowest BCUT2D eigenvalue weighted by Gasteiger charge is -2.30. The molecular formula is C16H24N2O. The summed E-state index contributed by atoms with van der Waals surface area (Å²) in [5.41, 5.74) is 2.20. The van der Waals surface area contributed by atoms with E-state index >= 15 is 0 Å². The minimum absolute atomic E-state index is 0.00722. The zero-order chi connectivity index (χ0) is 13.9. The van der Waals surface area contributed by atoms with E-state index in [-0.39, 0.29) is 17.5 Å². The van der Waals surface area contributed by atoms with Crippen molar-refractivity contribution in [3.63, 3.8) is 0 Å². The molecule has 1 amide bonds. The summed E-state index contributed by atoms with van der Waals surface area (Å²) >= 11 is 0. The van der Waals surface area contributed by atoms with Crippen LogP contribution in [0.3, 0.4) is 0 Å². The average molecular weight is 260 g/mol. The standard InChI is InChI=1S/C16H24N2O/c1-4-11-16(2,3)18-14-10-9-12-7-5-6-8-13(12)17-15(14)19/h5-8,14,18H,4,9-11H2,1-3H3,(H,17,19). The van der Waals surface area contributed by atoms with Crippen molar-refractivity contribution in [1.29, 1.82) is 0 Å². The van der Waals surface area contributed by atoms with Crippen LogP contribution in [-0.4, -0.2) is 17.5 Å². The van der Waals surface area contributed by atoms with Crippen LogP contribution in [0.5, 0.6) is 0 Å². The summed E-state index contributed by atoms with van der Waals surface area (Å²) in [5.74, 6) is 0.0918. The Balaban J connectivity index is 2.08. The summed E-state index contributed by atoms with van der Waals surface area (Å²) in [6, 6.07) is 7.96. The van der Waals surface area contributed by atoms with Gasteiger partial charge >= 0.3 is 0 Å². The van der Waals surface area contributed by atoms with Gasteiger partial charge in [-0.25, -0.2) is 0 Å². The molecule has 3 heteroatoms. The molecule has 2 N–H and O–H groups in total. The smallest absolute Gasteiger partial charge is 0.241 e. The van der Waals surface area contributed by atoms with Gasteiger partial charge < -0.3 is 10.6 Å². The molecule has 2 rings (SSSR count). The molecule has 0 saturated heterocycles. The number of rotatable bonds is 4. The van der Waals surface area contributed by atoms with Crippen molar-refractivity contribution in [2.75, 3.05) is 5.32 Å². The van der Waals surface area contributed by atoms with E-state index in [0.717, 1.165) is 31.4 Å². The van der Waals surface area contributed by atoms with Gasteiger partial charge in [-0.3, -0.25) is 4.79 Å². The van der Waals surface area contributed by atoms with Gasteiger partial charge in [-0.05, 0) is 44.7 Å². The second kappa shape index (κ2) is 5.74. The molecule has 0 spiro atoms. The molecule has 1 aromatic rings. The number of para-hydroxylation sites is 1. The Bertz CT molecular complexity index is 454. The van der Waals surface area contributed by atoms with Crippen molar-refractivity contribution in [2.24, 2.45) is 0 Å². The van der Waals surface area contributed by atoms with Crippen LogP contribution < -0.4 is 10.6 Å². The van der Waals surface area contributed by atoms with Crippen LogP contribution >= 0.6 is 0 Å². The molecule has 1 unspecified atom stereocenters. The largest absolute Gasteiger partial charge is 0.324 e. The maximum Gasteiger partial charge on any atom is 0.241 e. The maximum atomic E-state index is 12.3. The number of carbonyl (C=O) groups is 1. The highest BCUT2D eigenvalue weighted by molar-refractivity contribution is 5.96. The summed E-state index contributed by atoms with van der Waals surface area (Å²) in [7, 11) is 0. The van der Waals surface area contributed by atoms with Crippen LogP contribution in [0.15, 0.2) is 24.3 Å². The normalized spacial score (nSPS) is 19.5. The Labute approximate surface area is 115 Å². The zero-order valence-electron chi connectivity index (χ0n) is 12.1. The Morgan fingerprint density at radius 3 is 2.84 bits per heavy atom. The summed E-state index contributed by atoms with van der Waals surface area (Å²) < 4.78 is 0. The van der Waals surface area contributed by atoms with E-state index in [1.807, 2.05) is 18.2 Å². The molecule has 104 valence electrons. The fourth-order valence-electron chi connectivity index (χ4n) is 2.82. The van der Waals surface area contributed by atoms with Crippen molar-refractivity contribution in [2.45, 2.75) is 58.0 Å². The lowest BCUT2D eigenvalue weighted by molar-refractivity contribution is -0.118. The third-order valence-corrected chi connectivity index (χ3v) is 3.73. The minimum Gasteiger partial charge on any atom is -0.324 e. The highest BCUT2D eigenvalue weighted by Crippen LogP contribution is 2.23. The van der Waals surface area contributed by atoms with Crippen molar-refractivity contribution >= 4 is 11.6 Å².